The highest BCUT2D eigenvalue weighted by molar-refractivity contribution is 7.86. The molecule has 0 saturated heterocycles. The molecule has 2 aromatic rings. The molecule has 2 unspecified atom stereocenters. The lowest BCUT2D eigenvalue weighted by atomic mass is 9.70. The van der Waals surface area contributed by atoms with Crippen molar-refractivity contribution in [1.29, 1.82) is 0 Å². The quantitative estimate of drug-likeness (QED) is 0.761. The Hall–Kier alpha value is -1.72. The predicted octanol–water partition coefficient (Wildman–Crippen LogP) is 4.49. The molecule has 0 amide bonds. The number of rotatable bonds is 1. The van der Waals surface area contributed by atoms with Gasteiger partial charge < -0.3 is 0 Å². The van der Waals surface area contributed by atoms with Crippen molar-refractivity contribution in [2.75, 3.05) is 0 Å². The number of carbonyl (C=O) groups is 1. The molecular weight excluding hydrogens is 336 g/mol. The highest BCUT2D eigenvalue weighted by atomic mass is 32.2. The highest BCUT2D eigenvalue weighted by Crippen LogP contribution is 2.63. The lowest BCUT2D eigenvalue weighted by Crippen LogP contribution is -2.32. The Morgan fingerprint density at radius 2 is 1.68 bits per heavy atom. The van der Waals surface area contributed by atoms with Crippen LogP contribution < -0.4 is 0 Å². The zero-order valence-electron chi connectivity index (χ0n) is 14.8. The third kappa shape index (κ3) is 2.89. The van der Waals surface area contributed by atoms with E-state index in [1.165, 1.54) is 12.5 Å². The molecule has 25 heavy (non-hydrogen) atoms. The molecule has 0 heterocycles. The molecule has 4 rings (SSSR count). The van der Waals surface area contributed by atoms with E-state index >= 15 is 0 Å². The maximum atomic E-state index is 11.6. The van der Waals surface area contributed by atoms with Crippen LogP contribution in [0.1, 0.15) is 40.0 Å². The lowest BCUT2D eigenvalue weighted by Gasteiger charge is -2.32. The van der Waals surface area contributed by atoms with Gasteiger partial charge in [0, 0.05) is 17.2 Å². The van der Waals surface area contributed by atoms with Crippen LogP contribution in [0.25, 0.3) is 10.8 Å². The molecule has 134 valence electrons. The monoisotopic (exact) mass is 360 g/mol. The van der Waals surface area contributed by atoms with Crippen LogP contribution in [0.15, 0.2) is 47.4 Å². The number of hydrogen-bond acceptors (Lipinski definition) is 3. The molecule has 0 aromatic heterocycles. The summed E-state index contributed by atoms with van der Waals surface area (Å²) in [6, 6.07) is 11.8. The first-order valence-corrected chi connectivity index (χ1v) is 10.00. The van der Waals surface area contributed by atoms with Gasteiger partial charge in [-0.15, -0.1) is 0 Å². The molecule has 2 fully saturated rings. The van der Waals surface area contributed by atoms with E-state index in [2.05, 4.69) is 20.8 Å². The van der Waals surface area contributed by atoms with Crippen LogP contribution in [-0.4, -0.2) is 18.8 Å². The molecule has 2 aromatic carbocycles. The summed E-state index contributed by atoms with van der Waals surface area (Å²) in [5, 5.41) is 1.33. The first-order chi connectivity index (χ1) is 11.6. The van der Waals surface area contributed by atoms with Crippen molar-refractivity contribution in [3.63, 3.8) is 0 Å². The van der Waals surface area contributed by atoms with Gasteiger partial charge in [-0.3, -0.25) is 9.35 Å². The van der Waals surface area contributed by atoms with Crippen molar-refractivity contribution in [2.45, 2.75) is 44.9 Å². The zero-order valence-corrected chi connectivity index (χ0v) is 15.6. The molecule has 2 bridgehead atoms. The molecule has 2 aliphatic carbocycles. The molecule has 5 heteroatoms. The molecule has 1 N–H and O–H groups in total. The summed E-state index contributed by atoms with van der Waals surface area (Å²) in [7, 11) is -4.13. The maximum Gasteiger partial charge on any atom is 0.295 e. The van der Waals surface area contributed by atoms with Crippen molar-refractivity contribution < 1.29 is 17.8 Å². The number of benzene rings is 2. The van der Waals surface area contributed by atoms with E-state index in [-0.39, 0.29) is 15.7 Å². The average molecular weight is 360 g/mol. The van der Waals surface area contributed by atoms with Crippen molar-refractivity contribution in [3.05, 3.63) is 42.5 Å². The van der Waals surface area contributed by atoms with Gasteiger partial charge in [-0.1, -0.05) is 57.2 Å². The summed E-state index contributed by atoms with van der Waals surface area (Å²) < 4.78 is 31.0. The number of carbonyl (C=O) groups excluding carboxylic acids is 1. The number of fused-ring (bicyclic) bond motifs is 3. The minimum absolute atomic E-state index is 0.0255. The topological polar surface area (TPSA) is 71.4 Å². The second-order valence-corrected chi connectivity index (χ2v) is 9.26. The Kier molecular flexibility index (Phi) is 4.28. The Bertz CT molecular complexity index is 924. The fourth-order valence-electron chi connectivity index (χ4n) is 4.32. The zero-order chi connectivity index (χ0) is 18.5. The minimum atomic E-state index is -4.13. The molecule has 0 spiro atoms. The van der Waals surface area contributed by atoms with E-state index in [9.17, 15) is 13.2 Å². The van der Waals surface area contributed by atoms with Gasteiger partial charge >= 0.3 is 0 Å². The van der Waals surface area contributed by atoms with Gasteiger partial charge in [0.1, 0.15) is 10.7 Å². The van der Waals surface area contributed by atoms with Crippen LogP contribution in [0.5, 0.6) is 0 Å². The highest BCUT2D eigenvalue weighted by Gasteiger charge is 2.61. The predicted molar refractivity (Wildman–Crippen MR) is 98.0 cm³/mol. The van der Waals surface area contributed by atoms with Crippen LogP contribution in [0, 0.1) is 16.7 Å². The van der Waals surface area contributed by atoms with E-state index in [0.29, 0.717) is 17.1 Å². The fraction of sp³-hybridized carbons (Fsp3) is 0.450. The van der Waals surface area contributed by atoms with Gasteiger partial charge in [-0.2, -0.15) is 8.42 Å². The van der Waals surface area contributed by atoms with E-state index in [0.717, 1.165) is 18.2 Å². The standard InChI is InChI=1S/C10H8O3S.C10H16O/c11-14(12,13)10-7-3-5-8-4-1-2-6-9(8)10;1-9(2)7-4-5-10(9,3)8(11)6-7/h1-7H,(H,11,12,13);7H,4-6H2,1-3H3. The van der Waals surface area contributed by atoms with E-state index in [1.807, 2.05) is 6.07 Å². The largest absolute Gasteiger partial charge is 0.299 e. The van der Waals surface area contributed by atoms with E-state index in [1.54, 1.807) is 30.3 Å². The summed E-state index contributed by atoms with van der Waals surface area (Å²) in [4.78, 5) is 11.5. The van der Waals surface area contributed by atoms with Crippen molar-refractivity contribution in [1.82, 2.24) is 0 Å². The third-order valence-electron chi connectivity index (χ3n) is 6.51. The Balaban J connectivity index is 0.000000150. The molecular formula is C20H24O4S. The Morgan fingerprint density at radius 1 is 1.04 bits per heavy atom. The smallest absolute Gasteiger partial charge is 0.295 e. The van der Waals surface area contributed by atoms with E-state index in [4.69, 9.17) is 4.55 Å². The van der Waals surface area contributed by atoms with Gasteiger partial charge in [0.15, 0.2) is 0 Å². The summed E-state index contributed by atoms with van der Waals surface area (Å²) in [5.74, 6) is 1.19. The Labute approximate surface area is 149 Å². The average Bonchev–Trinajstić information content (AvgIpc) is 2.87. The van der Waals surface area contributed by atoms with Crippen molar-refractivity contribution >= 4 is 26.7 Å². The van der Waals surface area contributed by atoms with Gasteiger partial charge in [-0.05, 0) is 35.6 Å². The molecule has 2 atom stereocenters. The Morgan fingerprint density at radius 3 is 2.16 bits per heavy atom. The summed E-state index contributed by atoms with van der Waals surface area (Å²) in [5.41, 5.74) is 0.307. The second-order valence-electron chi connectivity index (χ2n) is 7.87. The van der Waals surface area contributed by atoms with Gasteiger partial charge in [-0.25, -0.2) is 0 Å². The SMILES string of the molecule is CC12CCC(CC1=O)C2(C)C.O=S(=O)(O)c1cccc2ccccc12. The van der Waals surface area contributed by atoms with Crippen LogP contribution >= 0.6 is 0 Å². The first-order valence-electron chi connectivity index (χ1n) is 8.56. The first kappa shape index (κ1) is 18.1. The summed E-state index contributed by atoms with van der Waals surface area (Å²) in [6.07, 6.45) is 3.25. The van der Waals surface area contributed by atoms with Crippen LogP contribution in [0.4, 0.5) is 0 Å². The lowest BCUT2D eigenvalue weighted by molar-refractivity contribution is -0.128. The molecule has 4 nitrogen and oxygen atoms in total. The minimum Gasteiger partial charge on any atom is -0.299 e. The van der Waals surface area contributed by atoms with Crippen molar-refractivity contribution in [2.24, 2.45) is 16.7 Å². The molecule has 2 saturated carbocycles. The number of Topliss-reactive ketones (excluding diaryl/α,β-unsaturated/α-hetero) is 1. The third-order valence-corrected chi connectivity index (χ3v) is 7.42. The normalized spacial score (nSPS) is 27.2. The van der Waals surface area contributed by atoms with Crippen LogP contribution in [0.3, 0.4) is 0 Å². The maximum absolute atomic E-state index is 11.6. The number of ketones is 1. The summed E-state index contributed by atoms with van der Waals surface area (Å²) >= 11 is 0. The van der Waals surface area contributed by atoms with Gasteiger partial charge in [0.25, 0.3) is 10.1 Å². The van der Waals surface area contributed by atoms with Crippen LogP contribution in [0.2, 0.25) is 0 Å². The molecule has 0 aliphatic heterocycles. The van der Waals surface area contributed by atoms with Gasteiger partial charge in [0.2, 0.25) is 0 Å². The number of hydrogen-bond donors (Lipinski definition) is 1. The van der Waals surface area contributed by atoms with E-state index < -0.39 is 10.1 Å². The van der Waals surface area contributed by atoms with Gasteiger partial charge in [0.05, 0.1) is 0 Å². The van der Waals surface area contributed by atoms with Crippen LogP contribution in [-0.2, 0) is 14.9 Å². The summed E-state index contributed by atoms with van der Waals surface area (Å²) in [6.45, 7) is 6.67. The molecule has 0 radical (unpaired) electrons. The fourth-order valence-corrected chi connectivity index (χ4v) is 5.04. The second kappa shape index (κ2) is 5.92. The molecule has 2 aliphatic rings. The van der Waals surface area contributed by atoms with Crippen molar-refractivity contribution in [3.8, 4) is 0 Å².